The van der Waals surface area contributed by atoms with Crippen molar-refractivity contribution in [2.75, 3.05) is 7.11 Å². The highest BCUT2D eigenvalue weighted by Gasteiger charge is 2.23. The number of rotatable bonds is 4. The number of nitrogens with zero attached hydrogens (tertiary/aromatic N) is 1. The molecule has 0 saturated heterocycles. The van der Waals surface area contributed by atoms with Gasteiger partial charge in [0.15, 0.2) is 0 Å². The van der Waals surface area contributed by atoms with E-state index in [9.17, 15) is 10.1 Å². The lowest BCUT2D eigenvalue weighted by atomic mass is 9.86. The van der Waals surface area contributed by atoms with Gasteiger partial charge in [-0.1, -0.05) is 31.9 Å². The smallest absolute Gasteiger partial charge is 0.262 e. The zero-order valence-electron chi connectivity index (χ0n) is 13.1. The van der Waals surface area contributed by atoms with Crippen molar-refractivity contribution in [3.63, 3.8) is 0 Å². The maximum Gasteiger partial charge on any atom is 0.262 e. The van der Waals surface area contributed by atoms with Crippen molar-refractivity contribution in [3.05, 3.63) is 35.4 Å². The molecule has 2 atom stereocenters. The van der Waals surface area contributed by atoms with E-state index in [4.69, 9.17) is 4.74 Å². The van der Waals surface area contributed by atoms with Crippen LogP contribution in [0, 0.1) is 17.2 Å². The number of hydrogen-bond acceptors (Lipinski definition) is 3. The molecule has 0 bridgehead atoms. The lowest BCUT2D eigenvalue weighted by Gasteiger charge is -2.29. The van der Waals surface area contributed by atoms with Crippen molar-refractivity contribution < 1.29 is 9.53 Å². The van der Waals surface area contributed by atoms with Crippen LogP contribution < -0.4 is 10.1 Å². The summed E-state index contributed by atoms with van der Waals surface area (Å²) < 4.78 is 5.15. The molecule has 0 heterocycles. The van der Waals surface area contributed by atoms with Crippen LogP contribution in [0.5, 0.6) is 5.75 Å². The van der Waals surface area contributed by atoms with E-state index < -0.39 is 0 Å². The first-order valence-electron chi connectivity index (χ1n) is 7.70. The third-order valence-electron chi connectivity index (χ3n) is 4.20. The summed E-state index contributed by atoms with van der Waals surface area (Å²) in [7, 11) is 1.59. The van der Waals surface area contributed by atoms with Crippen LogP contribution in [0.4, 0.5) is 0 Å². The SMILES string of the molecule is COc1cccc(/C=C(\C#N)C(=O)NC2CCCCC2C)c1. The Morgan fingerprint density at radius 2 is 2.18 bits per heavy atom. The van der Waals surface area contributed by atoms with Crippen LogP contribution in [-0.2, 0) is 4.79 Å². The van der Waals surface area contributed by atoms with Gasteiger partial charge in [0.2, 0.25) is 0 Å². The van der Waals surface area contributed by atoms with Crippen LogP contribution >= 0.6 is 0 Å². The number of carbonyl (C=O) groups excluding carboxylic acids is 1. The monoisotopic (exact) mass is 298 g/mol. The molecule has 1 saturated carbocycles. The Balaban J connectivity index is 2.11. The molecule has 2 rings (SSSR count). The van der Waals surface area contributed by atoms with E-state index in [-0.39, 0.29) is 17.5 Å². The normalized spacial score (nSPS) is 21.8. The van der Waals surface area contributed by atoms with Gasteiger partial charge in [0.1, 0.15) is 17.4 Å². The molecule has 4 heteroatoms. The van der Waals surface area contributed by atoms with Crippen LogP contribution in [0.15, 0.2) is 29.8 Å². The van der Waals surface area contributed by atoms with Gasteiger partial charge < -0.3 is 10.1 Å². The fraction of sp³-hybridized carbons (Fsp3) is 0.444. The topological polar surface area (TPSA) is 62.1 Å². The second kappa shape index (κ2) is 7.65. The van der Waals surface area contributed by atoms with Gasteiger partial charge in [0.05, 0.1) is 7.11 Å². The zero-order chi connectivity index (χ0) is 15.9. The summed E-state index contributed by atoms with van der Waals surface area (Å²) >= 11 is 0. The van der Waals surface area contributed by atoms with Gasteiger partial charge in [-0.05, 0) is 42.5 Å². The summed E-state index contributed by atoms with van der Waals surface area (Å²) in [5.41, 5.74) is 0.911. The minimum Gasteiger partial charge on any atom is -0.497 e. The second-order valence-electron chi connectivity index (χ2n) is 5.79. The quantitative estimate of drug-likeness (QED) is 0.685. The highest BCUT2D eigenvalue weighted by molar-refractivity contribution is 6.01. The van der Waals surface area contributed by atoms with Crippen LogP contribution in [0.2, 0.25) is 0 Å². The number of nitriles is 1. The first-order valence-corrected chi connectivity index (χ1v) is 7.70. The van der Waals surface area contributed by atoms with E-state index in [0.717, 1.165) is 24.8 Å². The van der Waals surface area contributed by atoms with Crippen LogP contribution in [0.3, 0.4) is 0 Å². The van der Waals surface area contributed by atoms with Crippen LogP contribution in [0.25, 0.3) is 6.08 Å². The first-order chi connectivity index (χ1) is 10.6. The largest absolute Gasteiger partial charge is 0.497 e. The Labute approximate surface area is 131 Å². The van der Waals surface area contributed by atoms with Gasteiger partial charge in [0.25, 0.3) is 5.91 Å². The predicted octanol–water partition coefficient (Wildman–Crippen LogP) is 3.30. The average Bonchev–Trinajstić information content (AvgIpc) is 2.54. The molecule has 0 spiro atoms. The van der Waals surface area contributed by atoms with Crippen molar-refractivity contribution in [1.29, 1.82) is 5.26 Å². The van der Waals surface area contributed by atoms with Gasteiger partial charge in [0, 0.05) is 6.04 Å². The molecular formula is C18H22N2O2. The van der Waals surface area contributed by atoms with Crippen molar-refractivity contribution in [2.24, 2.45) is 5.92 Å². The minimum atomic E-state index is -0.288. The first kappa shape index (κ1) is 16.1. The van der Waals surface area contributed by atoms with Gasteiger partial charge in [-0.25, -0.2) is 0 Å². The standard InChI is InChI=1S/C18H22N2O2/c1-13-6-3-4-9-17(13)20-18(21)15(12-19)10-14-7-5-8-16(11-14)22-2/h5,7-8,10-11,13,17H,3-4,6,9H2,1-2H3,(H,20,21)/b15-10+. The molecule has 1 aliphatic rings. The maximum absolute atomic E-state index is 12.3. The number of amides is 1. The van der Waals surface area contributed by atoms with E-state index >= 15 is 0 Å². The fourth-order valence-electron chi connectivity index (χ4n) is 2.82. The maximum atomic E-state index is 12.3. The highest BCUT2D eigenvalue weighted by atomic mass is 16.5. The Bertz CT molecular complexity index is 601. The Morgan fingerprint density at radius 3 is 2.86 bits per heavy atom. The van der Waals surface area contributed by atoms with E-state index in [1.807, 2.05) is 24.3 Å². The molecule has 2 unspecified atom stereocenters. The summed E-state index contributed by atoms with van der Waals surface area (Å²) in [4.78, 5) is 12.3. The molecular weight excluding hydrogens is 276 g/mol. The summed E-state index contributed by atoms with van der Waals surface area (Å²) in [6, 6.07) is 9.47. The molecule has 1 aromatic carbocycles. The van der Waals surface area contributed by atoms with E-state index in [1.165, 1.54) is 6.42 Å². The molecule has 1 aromatic rings. The third kappa shape index (κ3) is 4.11. The van der Waals surface area contributed by atoms with Crippen LogP contribution in [0.1, 0.15) is 38.2 Å². The van der Waals surface area contributed by atoms with Crippen LogP contribution in [-0.4, -0.2) is 19.1 Å². The summed E-state index contributed by atoms with van der Waals surface area (Å²) in [6.45, 7) is 2.15. The van der Waals surface area contributed by atoms with E-state index in [2.05, 4.69) is 12.2 Å². The number of benzene rings is 1. The molecule has 0 aliphatic heterocycles. The van der Waals surface area contributed by atoms with Crippen molar-refractivity contribution in [2.45, 2.75) is 38.6 Å². The number of nitrogens with one attached hydrogen (secondary N) is 1. The number of hydrogen-bond donors (Lipinski definition) is 1. The van der Waals surface area contributed by atoms with E-state index in [1.54, 1.807) is 19.3 Å². The fourth-order valence-corrected chi connectivity index (χ4v) is 2.82. The van der Waals surface area contributed by atoms with Gasteiger partial charge in [-0.2, -0.15) is 5.26 Å². The van der Waals surface area contributed by atoms with Gasteiger partial charge >= 0.3 is 0 Å². The molecule has 1 aliphatic carbocycles. The van der Waals surface area contributed by atoms with E-state index in [0.29, 0.717) is 11.7 Å². The van der Waals surface area contributed by atoms with Crippen molar-refractivity contribution in [3.8, 4) is 11.8 Å². The number of ether oxygens (including phenoxy) is 1. The minimum absolute atomic E-state index is 0.131. The molecule has 0 aromatic heterocycles. The molecule has 1 fully saturated rings. The predicted molar refractivity (Wildman–Crippen MR) is 86.1 cm³/mol. The molecule has 1 N–H and O–H groups in total. The van der Waals surface area contributed by atoms with Crippen molar-refractivity contribution in [1.82, 2.24) is 5.32 Å². The van der Waals surface area contributed by atoms with Gasteiger partial charge in [-0.3, -0.25) is 4.79 Å². The Morgan fingerprint density at radius 1 is 1.41 bits per heavy atom. The highest BCUT2D eigenvalue weighted by Crippen LogP contribution is 2.24. The lowest BCUT2D eigenvalue weighted by Crippen LogP contribution is -2.41. The molecule has 4 nitrogen and oxygen atoms in total. The Kier molecular flexibility index (Phi) is 5.60. The van der Waals surface area contributed by atoms with Crippen molar-refractivity contribution >= 4 is 12.0 Å². The lowest BCUT2D eigenvalue weighted by molar-refractivity contribution is -0.118. The molecule has 0 radical (unpaired) electrons. The average molecular weight is 298 g/mol. The number of methoxy groups -OCH3 is 1. The molecule has 1 amide bonds. The summed E-state index contributed by atoms with van der Waals surface area (Å²) in [6.07, 6.45) is 6.08. The number of carbonyl (C=O) groups is 1. The molecule has 116 valence electrons. The zero-order valence-corrected chi connectivity index (χ0v) is 13.1. The Hall–Kier alpha value is -2.28. The molecule has 22 heavy (non-hydrogen) atoms. The van der Waals surface area contributed by atoms with Gasteiger partial charge in [-0.15, -0.1) is 0 Å². The summed E-state index contributed by atoms with van der Waals surface area (Å²) in [5.74, 6) is 0.880. The summed E-state index contributed by atoms with van der Waals surface area (Å²) in [5, 5.41) is 12.3. The third-order valence-corrected chi connectivity index (χ3v) is 4.20. The second-order valence-corrected chi connectivity index (χ2v) is 5.79.